The van der Waals surface area contributed by atoms with Crippen LogP contribution in [0.5, 0.6) is 0 Å². The van der Waals surface area contributed by atoms with Crippen LogP contribution in [0.3, 0.4) is 0 Å². The summed E-state index contributed by atoms with van der Waals surface area (Å²) in [7, 11) is 0. The minimum absolute atomic E-state index is 0.238. The summed E-state index contributed by atoms with van der Waals surface area (Å²) in [5, 5.41) is 9.21. The first-order valence-electron chi connectivity index (χ1n) is 5.68. The van der Waals surface area contributed by atoms with Gasteiger partial charge in [0.1, 0.15) is 0 Å². The molecule has 0 saturated carbocycles. The van der Waals surface area contributed by atoms with Gasteiger partial charge in [-0.2, -0.15) is 0 Å². The summed E-state index contributed by atoms with van der Waals surface area (Å²) in [4.78, 5) is 0. The van der Waals surface area contributed by atoms with Crippen molar-refractivity contribution >= 4 is 0 Å². The second-order valence-corrected chi connectivity index (χ2v) is 3.91. The lowest BCUT2D eigenvalue weighted by Crippen LogP contribution is -2.05. The van der Waals surface area contributed by atoms with Crippen LogP contribution >= 0.6 is 0 Å². The molecule has 0 aromatic rings. The molecule has 0 aliphatic heterocycles. The topological polar surface area (TPSA) is 20.2 Å². The van der Waals surface area contributed by atoms with E-state index in [4.69, 9.17) is 0 Å². The van der Waals surface area contributed by atoms with E-state index in [1.807, 2.05) is 13.0 Å². The Hall–Kier alpha value is -0.560. The normalized spacial score (nSPS) is 15.6. The minimum Gasteiger partial charge on any atom is -0.393 e. The lowest BCUT2D eigenvalue weighted by atomic mass is 10.0. The Kier molecular flexibility index (Phi) is 8.65. The van der Waals surface area contributed by atoms with Crippen molar-refractivity contribution < 1.29 is 5.11 Å². The van der Waals surface area contributed by atoms with Crippen molar-refractivity contribution in [3.8, 4) is 0 Å². The van der Waals surface area contributed by atoms with Crippen LogP contribution < -0.4 is 0 Å². The first kappa shape index (κ1) is 13.4. The van der Waals surface area contributed by atoms with Crippen LogP contribution in [-0.4, -0.2) is 11.2 Å². The third-order valence-electron chi connectivity index (χ3n) is 2.27. The molecule has 1 nitrogen and oxygen atoms in total. The van der Waals surface area contributed by atoms with Gasteiger partial charge in [-0.1, -0.05) is 38.0 Å². The summed E-state index contributed by atoms with van der Waals surface area (Å²) < 4.78 is 0. The van der Waals surface area contributed by atoms with E-state index < -0.39 is 0 Å². The van der Waals surface area contributed by atoms with Crippen molar-refractivity contribution in [3.63, 3.8) is 0 Å². The molecule has 0 heterocycles. The van der Waals surface area contributed by atoms with E-state index in [9.17, 15) is 5.11 Å². The highest BCUT2D eigenvalue weighted by Gasteiger charge is 2.03. The monoisotopic (exact) mass is 196 g/mol. The van der Waals surface area contributed by atoms with Gasteiger partial charge in [0.15, 0.2) is 0 Å². The van der Waals surface area contributed by atoms with Crippen molar-refractivity contribution in [3.05, 3.63) is 24.8 Å². The molecule has 2 unspecified atom stereocenters. The molecule has 0 aromatic carbocycles. The van der Waals surface area contributed by atoms with Crippen LogP contribution in [0.4, 0.5) is 0 Å². The van der Waals surface area contributed by atoms with E-state index >= 15 is 0 Å². The summed E-state index contributed by atoms with van der Waals surface area (Å²) in [5.74, 6) is 0.330. The molecule has 0 radical (unpaired) electrons. The second-order valence-electron chi connectivity index (χ2n) is 3.91. The molecule has 0 saturated heterocycles. The summed E-state index contributed by atoms with van der Waals surface area (Å²) in [6, 6.07) is 0. The molecule has 0 amide bonds. The van der Waals surface area contributed by atoms with Crippen molar-refractivity contribution in [2.75, 3.05) is 0 Å². The smallest absolute Gasteiger partial charge is 0.0520 e. The summed E-state index contributed by atoms with van der Waals surface area (Å²) in [6.45, 7) is 7.80. The number of aliphatic hydroxyl groups is 1. The predicted octanol–water partition coefficient (Wildman–Crippen LogP) is 3.70. The second kappa shape index (κ2) is 9.01. The van der Waals surface area contributed by atoms with Crippen LogP contribution in [0.25, 0.3) is 0 Å². The maximum absolute atomic E-state index is 9.21. The SMILES string of the molecule is C=CC(/C=C/CCCCC)CC(C)O. The highest BCUT2D eigenvalue weighted by molar-refractivity contribution is 4.97. The molecule has 0 spiro atoms. The average Bonchev–Trinajstić information content (AvgIpc) is 2.15. The predicted molar refractivity (Wildman–Crippen MR) is 63.3 cm³/mol. The fraction of sp³-hybridized carbons (Fsp3) is 0.692. The Morgan fingerprint density at radius 1 is 1.36 bits per heavy atom. The maximum atomic E-state index is 9.21. The fourth-order valence-corrected chi connectivity index (χ4v) is 1.43. The van der Waals surface area contributed by atoms with Gasteiger partial charge in [0, 0.05) is 0 Å². The lowest BCUT2D eigenvalue weighted by molar-refractivity contribution is 0.176. The largest absolute Gasteiger partial charge is 0.393 e. The summed E-state index contributed by atoms with van der Waals surface area (Å²) >= 11 is 0. The Balaban J connectivity index is 3.63. The molecular formula is C13H24O. The molecule has 0 rings (SSSR count). The van der Waals surface area contributed by atoms with Crippen LogP contribution in [0.1, 0.15) is 46.0 Å². The molecule has 0 aliphatic carbocycles. The Bertz CT molecular complexity index is 159. The fourth-order valence-electron chi connectivity index (χ4n) is 1.43. The van der Waals surface area contributed by atoms with Gasteiger partial charge in [-0.25, -0.2) is 0 Å². The summed E-state index contributed by atoms with van der Waals surface area (Å²) in [5.41, 5.74) is 0. The van der Waals surface area contributed by atoms with Gasteiger partial charge in [0.05, 0.1) is 6.10 Å². The molecule has 0 bridgehead atoms. The zero-order valence-corrected chi connectivity index (χ0v) is 9.58. The molecule has 1 heteroatoms. The number of hydrogen-bond donors (Lipinski definition) is 1. The van der Waals surface area contributed by atoms with E-state index in [2.05, 4.69) is 25.7 Å². The third kappa shape index (κ3) is 8.06. The third-order valence-corrected chi connectivity index (χ3v) is 2.27. The van der Waals surface area contributed by atoms with Crippen LogP contribution in [0.15, 0.2) is 24.8 Å². The zero-order valence-electron chi connectivity index (χ0n) is 9.58. The molecule has 82 valence electrons. The lowest BCUT2D eigenvalue weighted by Gasteiger charge is -2.09. The Labute approximate surface area is 88.5 Å². The van der Waals surface area contributed by atoms with E-state index in [1.54, 1.807) is 0 Å². The molecule has 0 aromatic heterocycles. The minimum atomic E-state index is -0.238. The van der Waals surface area contributed by atoms with Crippen molar-refractivity contribution in [1.29, 1.82) is 0 Å². The first-order chi connectivity index (χ1) is 6.70. The number of aliphatic hydroxyl groups excluding tert-OH is 1. The number of allylic oxidation sites excluding steroid dienone is 3. The number of rotatable bonds is 8. The quantitative estimate of drug-likeness (QED) is 0.463. The van der Waals surface area contributed by atoms with E-state index in [1.165, 1.54) is 19.3 Å². The van der Waals surface area contributed by atoms with Crippen molar-refractivity contribution in [1.82, 2.24) is 0 Å². The first-order valence-corrected chi connectivity index (χ1v) is 5.68. The van der Waals surface area contributed by atoms with Gasteiger partial charge in [0.25, 0.3) is 0 Å². The van der Waals surface area contributed by atoms with Gasteiger partial charge >= 0.3 is 0 Å². The standard InChI is InChI=1S/C13H24O/c1-4-6-7-8-9-10-13(5-2)11-12(3)14/h5,9-10,12-14H,2,4,6-8,11H2,1,3H3/b10-9+. The van der Waals surface area contributed by atoms with Gasteiger partial charge in [-0.15, -0.1) is 6.58 Å². The number of hydrogen-bond acceptors (Lipinski definition) is 1. The molecule has 1 N–H and O–H groups in total. The van der Waals surface area contributed by atoms with E-state index in [-0.39, 0.29) is 6.10 Å². The summed E-state index contributed by atoms with van der Waals surface area (Å²) in [6.07, 6.45) is 11.8. The van der Waals surface area contributed by atoms with Crippen molar-refractivity contribution in [2.24, 2.45) is 5.92 Å². The molecule has 0 aliphatic rings. The van der Waals surface area contributed by atoms with Crippen LogP contribution in [0.2, 0.25) is 0 Å². The Morgan fingerprint density at radius 3 is 2.57 bits per heavy atom. The number of unbranched alkanes of at least 4 members (excludes halogenated alkanes) is 3. The van der Waals surface area contributed by atoms with Crippen molar-refractivity contribution in [2.45, 2.75) is 52.1 Å². The highest BCUT2D eigenvalue weighted by atomic mass is 16.3. The zero-order chi connectivity index (χ0) is 10.8. The van der Waals surface area contributed by atoms with E-state index in [0.29, 0.717) is 5.92 Å². The maximum Gasteiger partial charge on any atom is 0.0520 e. The van der Waals surface area contributed by atoms with Crippen LogP contribution in [0, 0.1) is 5.92 Å². The molecular weight excluding hydrogens is 172 g/mol. The average molecular weight is 196 g/mol. The molecule has 14 heavy (non-hydrogen) atoms. The molecule has 0 fully saturated rings. The molecule has 2 atom stereocenters. The van der Waals surface area contributed by atoms with Gasteiger partial charge in [-0.05, 0) is 32.1 Å². The van der Waals surface area contributed by atoms with Crippen LogP contribution in [-0.2, 0) is 0 Å². The van der Waals surface area contributed by atoms with Gasteiger partial charge < -0.3 is 5.11 Å². The highest BCUT2D eigenvalue weighted by Crippen LogP contribution is 2.11. The Morgan fingerprint density at radius 2 is 2.07 bits per heavy atom. The van der Waals surface area contributed by atoms with Gasteiger partial charge in [0.2, 0.25) is 0 Å². The van der Waals surface area contributed by atoms with E-state index in [0.717, 1.165) is 12.8 Å². The van der Waals surface area contributed by atoms with Gasteiger partial charge in [-0.3, -0.25) is 0 Å².